The van der Waals surface area contributed by atoms with Crippen LogP contribution in [0.1, 0.15) is 15.9 Å². The third-order valence-electron chi connectivity index (χ3n) is 4.29. The van der Waals surface area contributed by atoms with E-state index >= 15 is 0 Å². The quantitative estimate of drug-likeness (QED) is 0.510. The molecule has 140 valence electrons. The molecular formula is C20H15FN4O3. The lowest BCUT2D eigenvalue weighted by Crippen LogP contribution is -2.23. The Labute approximate surface area is 158 Å². The van der Waals surface area contributed by atoms with Gasteiger partial charge in [0.1, 0.15) is 22.8 Å². The number of rotatable bonds is 3. The van der Waals surface area contributed by atoms with Gasteiger partial charge in [-0.15, -0.1) is 0 Å². The number of benzene rings is 2. The number of aromatic hydroxyl groups is 1. The molecule has 3 N–H and O–H groups in total. The molecule has 7 nitrogen and oxygen atoms in total. The van der Waals surface area contributed by atoms with Crippen LogP contribution in [0.25, 0.3) is 16.7 Å². The number of carbonyl (C=O) groups excluding carboxylic acids is 1. The lowest BCUT2D eigenvalue weighted by Gasteiger charge is -2.08. The number of halogens is 1. The van der Waals surface area contributed by atoms with Crippen molar-refractivity contribution in [1.29, 1.82) is 0 Å². The zero-order chi connectivity index (χ0) is 19.8. The van der Waals surface area contributed by atoms with Crippen molar-refractivity contribution in [2.24, 2.45) is 0 Å². The van der Waals surface area contributed by atoms with Crippen molar-refractivity contribution in [1.82, 2.24) is 14.8 Å². The van der Waals surface area contributed by atoms with Gasteiger partial charge in [-0.25, -0.2) is 9.07 Å². The maximum absolute atomic E-state index is 13.1. The van der Waals surface area contributed by atoms with E-state index in [2.05, 4.69) is 15.4 Å². The predicted octanol–water partition coefficient (Wildman–Crippen LogP) is 3.12. The Hall–Kier alpha value is -3.94. The highest BCUT2D eigenvalue weighted by atomic mass is 19.1. The number of aryl methyl sites for hydroxylation is 1. The molecule has 8 heteroatoms. The first-order valence-corrected chi connectivity index (χ1v) is 8.41. The number of amides is 1. The number of aromatic nitrogens is 3. The molecule has 0 spiro atoms. The van der Waals surface area contributed by atoms with Crippen LogP contribution in [0.2, 0.25) is 0 Å². The van der Waals surface area contributed by atoms with Crippen molar-refractivity contribution in [3.05, 3.63) is 82.0 Å². The highest BCUT2D eigenvalue weighted by molar-refractivity contribution is 6.08. The molecule has 28 heavy (non-hydrogen) atoms. The third kappa shape index (κ3) is 3.01. The second-order valence-corrected chi connectivity index (χ2v) is 6.30. The molecule has 2 heterocycles. The summed E-state index contributed by atoms with van der Waals surface area (Å²) in [6.45, 7) is 1.87. The van der Waals surface area contributed by atoms with Crippen LogP contribution in [-0.2, 0) is 0 Å². The largest absolute Gasteiger partial charge is 0.506 e. The molecule has 4 rings (SSSR count). The number of anilines is 1. The van der Waals surface area contributed by atoms with E-state index in [4.69, 9.17) is 0 Å². The molecule has 4 aromatic rings. The van der Waals surface area contributed by atoms with Crippen LogP contribution in [0, 0.1) is 12.7 Å². The molecular weight excluding hydrogens is 363 g/mol. The fraction of sp³-hybridized carbons (Fsp3) is 0.0500. The minimum absolute atomic E-state index is 0.193. The smallest absolute Gasteiger partial charge is 0.266 e. The Bertz CT molecular complexity index is 1260. The van der Waals surface area contributed by atoms with E-state index in [9.17, 15) is 19.1 Å². The van der Waals surface area contributed by atoms with Crippen LogP contribution in [0.15, 0.2) is 59.5 Å². The highest BCUT2D eigenvalue weighted by Gasteiger charge is 2.22. The lowest BCUT2D eigenvalue weighted by atomic mass is 10.1. The van der Waals surface area contributed by atoms with Crippen LogP contribution < -0.4 is 10.9 Å². The van der Waals surface area contributed by atoms with E-state index in [1.165, 1.54) is 35.1 Å². The first-order valence-electron chi connectivity index (χ1n) is 8.41. The molecule has 0 bridgehead atoms. The molecule has 0 saturated heterocycles. The van der Waals surface area contributed by atoms with Gasteiger partial charge in [-0.1, -0.05) is 12.1 Å². The highest BCUT2D eigenvalue weighted by Crippen LogP contribution is 2.27. The SMILES string of the molecule is Cc1cccc(NC(=O)c2c(O)c3cnn(-c4ccc(F)cc4)c3[nH]c2=O)c1. The van der Waals surface area contributed by atoms with Gasteiger partial charge in [-0.05, 0) is 48.9 Å². The van der Waals surface area contributed by atoms with Crippen molar-refractivity contribution in [3.8, 4) is 11.4 Å². The van der Waals surface area contributed by atoms with Crippen LogP contribution in [-0.4, -0.2) is 25.8 Å². The predicted molar refractivity (Wildman–Crippen MR) is 102 cm³/mol. The van der Waals surface area contributed by atoms with Crippen molar-refractivity contribution < 1.29 is 14.3 Å². The van der Waals surface area contributed by atoms with Crippen LogP contribution in [0.3, 0.4) is 0 Å². The normalized spacial score (nSPS) is 10.9. The van der Waals surface area contributed by atoms with Gasteiger partial charge in [0.25, 0.3) is 11.5 Å². The van der Waals surface area contributed by atoms with E-state index in [1.807, 2.05) is 13.0 Å². The van der Waals surface area contributed by atoms with E-state index in [1.54, 1.807) is 18.2 Å². The number of nitrogens with zero attached hydrogens (tertiary/aromatic N) is 2. The topological polar surface area (TPSA) is 100 Å². The summed E-state index contributed by atoms with van der Waals surface area (Å²) in [5.74, 6) is -1.62. The van der Waals surface area contributed by atoms with Gasteiger partial charge in [-0.2, -0.15) is 5.10 Å². The molecule has 0 fully saturated rings. The molecule has 0 aliphatic carbocycles. The van der Waals surface area contributed by atoms with E-state index in [-0.39, 0.29) is 11.0 Å². The Kier molecular flexibility index (Phi) is 4.15. The van der Waals surface area contributed by atoms with Crippen molar-refractivity contribution in [2.75, 3.05) is 5.32 Å². The summed E-state index contributed by atoms with van der Waals surface area (Å²) in [7, 11) is 0. The van der Waals surface area contributed by atoms with Crippen molar-refractivity contribution in [2.45, 2.75) is 6.92 Å². The molecule has 0 aliphatic heterocycles. The first kappa shape index (κ1) is 17.5. The zero-order valence-electron chi connectivity index (χ0n) is 14.7. The van der Waals surface area contributed by atoms with Crippen LogP contribution >= 0.6 is 0 Å². The molecule has 2 aromatic heterocycles. The number of hydrogen-bond donors (Lipinski definition) is 3. The average Bonchev–Trinajstić information content (AvgIpc) is 3.06. The third-order valence-corrected chi connectivity index (χ3v) is 4.29. The summed E-state index contributed by atoms with van der Waals surface area (Å²) >= 11 is 0. The van der Waals surface area contributed by atoms with Gasteiger partial charge >= 0.3 is 0 Å². The number of nitrogens with one attached hydrogen (secondary N) is 2. The fourth-order valence-corrected chi connectivity index (χ4v) is 2.96. The molecule has 0 unspecified atom stereocenters. The number of H-pyrrole nitrogens is 1. The number of hydrogen-bond acceptors (Lipinski definition) is 4. The summed E-state index contributed by atoms with van der Waals surface area (Å²) in [5.41, 5.74) is 0.953. The second kappa shape index (κ2) is 6.66. The van der Waals surface area contributed by atoms with Gasteiger partial charge in [0.15, 0.2) is 0 Å². The molecule has 0 radical (unpaired) electrons. The van der Waals surface area contributed by atoms with Gasteiger partial charge in [0.2, 0.25) is 0 Å². The van der Waals surface area contributed by atoms with Gasteiger partial charge in [0, 0.05) is 5.69 Å². The minimum Gasteiger partial charge on any atom is -0.506 e. The maximum atomic E-state index is 13.1. The minimum atomic E-state index is -0.765. The molecule has 2 aromatic carbocycles. The Balaban J connectivity index is 1.78. The lowest BCUT2D eigenvalue weighted by molar-refractivity contribution is 0.102. The summed E-state index contributed by atoms with van der Waals surface area (Å²) in [6, 6.07) is 12.5. The van der Waals surface area contributed by atoms with Crippen LogP contribution in [0.4, 0.5) is 10.1 Å². The summed E-state index contributed by atoms with van der Waals surface area (Å²) in [6.07, 6.45) is 1.33. The standard InChI is InChI=1S/C20H15FN4O3/c1-11-3-2-4-13(9-11)23-19(27)16-17(26)15-10-22-25(18(15)24-20(16)28)14-7-5-12(21)6-8-14/h2-10H,1H3,(H,23,27)(H2,24,26,28). The molecule has 0 saturated carbocycles. The average molecular weight is 378 g/mol. The Morgan fingerprint density at radius 2 is 1.96 bits per heavy atom. The second-order valence-electron chi connectivity index (χ2n) is 6.30. The first-order chi connectivity index (χ1) is 13.4. The maximum Gasteiger partial charge on any atom is 0.266 e. The van der Waals surface area contributed by atoms with E-state index < -0.39 is 28.6 Å². The fourth-order valence-electron chi connectivity index (χ4n) is 2.96. The number of pyridine rings is 1. The summed E-state index contributed by atoms with van der Waals surface area (Å²) in [4.78, 5) is 27.6. The van der Waals surface area contributed by atoms with Gasteiger partial charge in [-0.3, -0.25) is 9.59 Å². The van der Waals surface area contributed by atoms with Gasteiger partial charge < -0.3 is 15.4 Å². The van der Waals surface area contributed by atoms with Gasteiger partial charge in [0.05, 0.1) is 17.3 Å². The number of aromatic amines is 1. The number of fused-ring (bicyclic) bond motifs is 1. The van der Waals surface area contributed by atoms with E-state index in [0.717, 1.165) is 5.56 Å². The Morgan fingerprint density at radius 1 is 1.21 bits per heavy atom. The van der Waals surface area contributed by atoms with Crippen molar-refractivity contribution >= 4 is 22.6 Å². The van der Waals surface area contributed by atoms with Crippen LogP contribution in [0.5, 0.6) is 5.75 Å². The summed E-state index contributed by atoms with van der Waals surface area (Å²) in [5, 5.41) is 17.5. The zero-order valence-corrected chi connectivity index (χ0v) is 14.7. The molecule has 1 amide bonds. The molecule has 0 atom stereocenters. The van der Waals surface area contributed by atoms with E-state index in [0.29, 0.717) is 11.4 Å². The number of carbonyl (C=O) groups is 1. The monoisotopic (exact) mass is 378 g/mol. The molecule has 0 aliphatic rings. The Morgan fingerprint density at radius 3 is 2.68 bits per heavy atom. The summed E-state index contributed by atoms with van der Waals surface area (Å²) < 4.78 is 14.5. The van der Waals surface area contributed by atoms with Crippen molar-refractivity contribution in [3.63, 3.8) is 0 Å².